The minimum absolute atomic E-state index is 0.00873. The summed E-state index contributed by atoms with van der Waals surface area (Å²) in [5, 5.41) is 0. The molecule has 154 valence electrons. The van der Waals surface area contributed by atoms with Gasteiger partial charge in [-0.3, -0.25) is 9.59 Å². The van der Waals surface area contributed by atoms with Gasteiger partial charge in [0.15, 0.2) is 0 Å². The van der Waals surface area contributed by atoms with Gasteiger partial charge in [0.1, 0.15) is 0 Å². The predicted octanol–water partition coefficient (Wildman–Crippen LogP) is 6.35. The summed E-state index contributed by atoms with van der Waals surface area (Å²) in [7, 11) is 0. The van der Waals surface area contributed by atoms with Crippen molar-refractivity contribution in [2.24, 2.45) is 0 Å². The van der Waals surface area contributed by atoms with E-state index in [2.05, 4.69) is 6.92 Å². The van der Waals surface area contributed by atoms with Crippen LogP contribution in [0.4, 0.5) is 0 Å². The van der Waals surface area contributed by atoms with Gasteiger partial charge in [-0.05, 0) is 33.1 Å². The van der Waals surface area contributed by atoms with Crippen molar-refractivity contribution in [2.75, 3.05) is 6.61 Å². The monoisotopic (exact) mass is 370 g/mol. The van der Waals surface area contributed by atoms with E-state index in [1.165, 1.54) is 51.4 Å². The predicted molar refractivity (Wildman–Crippen MR) is 107 cm³/mol. The third kappa shape index (κ3) is 19.3. The highest BCUT2D eigenvalue weighted by molar-refractivity contribution is 5.69. The standard InChI is InChI=1S/C22H42O4/c1-4-5-6-13-16-19-25-21(23)17-14-11-9-7-8-10-12-15-18-22(24)26-20(2)3/h20H,4-19H2,1-3H3. The smallest absolute Gasteiger partial charge is 0.306 e. The van der Waals surface area contributed by atoms with Gasteiger partial charge in [0, 0.05) is 12.8 Å². The van der Waals surface area contributed by atoms with Crippen LogP contribution in [0.5, 0.6) is 0 Å². The number of carbonyl (C=O) groups is 2. The second-order valence-electron chi connectivity index (χ2n) is 7.50. The topological polar surface area (TPSA) is 52.6 Å². The molecule has 0 saturated carbocycles. The van der Waals surface area contributed by atoms with Gasteiger partial charge in [-0.25, -0.2) is 0 Å². The Balaban J connectivity index is 3.23. The summed E-state index contributed by atoms with van der Waals surface area (Å²) in [6, 6.07) is 0. The highest BCUT2D eigenvalue weighted by atomic mass is 16.5. The van der Waals surface area contributed by atoms with E-state index in [-0.39, 0.29) is 18.0 Å². The Morgan fingerprint density at radius 3 is 1.65 bits per heavy atom. The molecule has 0 rings (SSSR count). The highest BCUT2D eigenvalue weighted by Crippen LogP contribution is 2.11. The van der Waals surface area contributed by atoms with Crippen molar-refractivity contribution in [2.45, 2.75) is 123 Å². The number of rotatable bonds is 18. The lowest BCUT2D eigenvalue weighted by Crippen LogP contribution is -2.10. The molecule has 0 bridgehead atoms. The summed E-state index contributed by atoms with van der Waals surface area (Å²) in [6.07, 6.45) is 15.9. The summed E-state index contributed by atoms with van der Waals surface area (Å²) in [5.74, 6) is -0.110. The average molecular weight is 371 g/mol. The zero-order valence-corrected chi connectivity index (χ0v) is 17.5. The second-order valence-corrected chi connectivity index (χ2v) is 7.50. The molecule has 0 heterocycles. The third-order valence-corrected chi connectivity index (χ3v) is 4.39. The molecule has 26 heavy (non-hydrogen) atoms. The normalized spacial score (nSPS) is 10.9. The Morgan fingerprint density at radius 1 is 0.654 bits per heavy atom. The maximum atomic E-state index is 11.6. The molecular weight excluding hydrogens is 328 g/mol. The van der Waals surface area contributed by atoms with Crippen LogP contribution in [0.2, 0.25) is 0 Å². The lowest BCUT2D eigenvalue weighted by Gasteiger charge is -2.07. The van der Waals surface area contributed by atoms with Crippen LogP contribution in [0.25, 0.3) is 0 Å². The molecule has 0 aromatic heterocycles. The third-order valence-electron chi connectivity index (χ3n) is 4.39. The van der Waals surface area contributed by atoms with Crippen LogP contribution in [-0.4, -0.2) is 24.6 Å². The molecule has 0 aliphatic rings. The minimum Gasteiger partial charge on any atom is -0.466 e. The SMILES string of the molecule is CCCCCCCOC(=O)CCCCCCCCCCC(=O)OC(C)C. The van der Waals surface area contributed by atoms with E-state index in [0.29, 0.717) is 19.4 Å². The fourth-order valence-electron chi connectivity index (χ4n) is 2.88. The maximum absolute atomic E-state index is 11.6. The first-order valence-electron chi connectivity index (χ1n) is 10.9. The van der Waals surface area contributed by atoms with Crippen LogP contribution in [-0.2, 0) is 19.1 Å². The Morgan fingerprint density at radius 2 is 1.12 bits per heavy atom. The molecule has 0 saturated heterocycles. The summed E-state index contributed by atoms with van der Waals surface area (Å²) < 4.78 is 10.4. The number of carbonyl (C=O) groups excluding carboxylic acids is 2. The van der Waals surface area contributed by atoms with E-state index in [4.69, 9.17) is 9.47 Å². The van der Waals surface area contributed by atoms with Gasteiger partial charge in [-0.2, -0.15) is 0 Å². The Kier molecular flexibility index (Phi) is 18.0. The fraction of sp³-hybridized carbons (Fsp3) is 0.909. The van der Waals surface area contributed by atoms with Gasteiger partial charge in [0.25, 0.3) is 0 Å². The van der Waals surface area contributed by atoms with Crippen LogP contribution in [0.3, 0.4) is 0 Å². The van der Waals surface area contributed by atoms with Crippen LogP contribution in [0, 0.1) is 0 Å². The second kappa shape index (κ2) is 18.7. The molecule has 0 unspecified atom stereocenters. The van der Waals surface area contributed by atoms with Gasteiger partial charge in [0.05, 0.1) is 12.7 Å². The Labute approximate surface area is 161 Å². The molecule has 4 nitrogen and oxygen atoms in total. The van der Waals surface area contributed by atoms with Crippen molar-refractivity contribution >= 4 is 11.9 Å². The first-order valence-corrected chi connectivity index (χ1v) is 10.9. The van der Waals surface area contributed by atoms with Crippen LogP contribution in [0.1, 0.15) is 117 Å². The van der Waals surface area contributed by atoms with Gasteiger partial charge in [-0.15, -0.1) is 0 Å². The lowest BCUT2D eigenvalue weighted by molar-refractivity contribution is -0.147. The van der Waals surface area contributed by atoms with E-state index < -0.39 is 0 Å². The summed E-state index contributed by atoms with van der Waals surface area (Å²) in [4.78, 5) is 23.0. The van der Waals surface area contributed by atoms with Gasteiger partial charge < -0.3 is 9.47 Å². The van der Waals surface area contributed by atoms with Crippen molar-refractivity contribution in [3.05, 3.63) is 0 Å². The molecule has 0 aromatic carbocycles. The number of hydrogen-bond donors (Lipinski definition) is 0. The fourth-order valence-corrected chi connectivity index (χ4v) is 2.88. The summed E-state index contributed by atoms with van der Waals surface area (Å²) >= 11 is 0. The molecule has 0 fully saturated rings. The minimum atomic E-state index is -0.0761. The zero-order valence-electron chi connectivity index (χ0n) is 17.5. The molecule has 0 radical (unpaired) electrons. The first kappa shape index (κ1) is 24.9. The van der Waals surface area contributed by atoms with E-state index in [9.17, 15) is 9.59 Å². The van der Waals surface area contributed by atoms with E-state index in [1.807, 2.05) is 13.8 Å². The molecule has 0 amide bonds. The zero-order chi connectivity index (χ0) is 19.5. The quantitative estimate of drug-likeness (QED) is 0.208. The molecule has 4 heteroatoms. The van der Waals surface area contributed by atoms with E-state index >= 15 is 0 Å². The molecule has 0 aromatic rings. The molecule has 0 aliphatic carbocycles. The van der Waals surface area contributed by atoms with Crippen LogP contribution in [0.15, 0.2) is 0 Å². The number of unbranched alkanes of at least 4 members (excludes halogenated alkanes) is 11. The van der Waals surface area contributed by atoms with Crippen molar-refractivity contribution in [1.82, 2.24) is 0 Å². The average Bonchev–Trinajstić information content (AvgIpc) is 2.59. The molecule has 0 aliphatic heterocycles. The molecule has 0 atom stereocenters. The van der Waals surface area contributed by atoms with Crippen LogP contribution < -0.4 is 0 Å². The summed E-state index contributed by atoms with van der Waals surface area (Å²) in [6.45, 7) is 6.55. The van der Waals surface area contributed by atoms with Crippen LogP contribution >= 0.6 is 0 Å². The first-order chi connectivity index (χ1) is 12.6. The van der Waals surface area contributed by atoms with Crippen molar-refractivity contribution in [3.8, 4) is 0 Å². The number of esters is 2. The van der Waals surface area contributed by atoms with E-state index in [1.54, 1.807) is 0 Å². The molecule has 0 N–H and O–H groups in total. The largest absolute Gasteiger partial charge is 0.466 e. The lowest BCUT2D eigenvalue weighted by atomic mass is 10.1. The highest BCUT2D eigenvalue weighted by Gasteiger charge is 2.05. The van der Waals surface area contributed by atoms with Crippen molar-refractivity contribution in [1.29, 1.82) is 0 Å². The maximum Gasteiger partial charge on any atom is 0.306 e. The molecular formula is C22H42O4. The summed E-state index contributed by atoms with van der Waals surface area (Å²) in [5.41, 5.74) is 0. The van der Waals surface area contributed by atoms with Gasteiger partial charge >= 0.3 is 11.9 Å². The van der Waals surface area contributed by atoms with Crippen molar-refractivity contribution < 1.29 is 19.1 Å². The van der Waals surface area contributed by atoms with Gasteiger partial charge in [0.2, 0.25) is 0 Å². The molecule has 0 spiro atoms. The Bertz CT molecular complexity index is 339. The Hall–Kier alpha value is -1.06. The van der Waals surface area contributed by atoms with E-state index in [0.717, 1.165) is 32.1 Å². The van der Waals surface area contributed by atoms with Gasteiger partial charge in [-0.1, -0.05) is 71.1 Å². The number of hydrogen-bond acceptors (Lipinski definition) is 4. The number of ether oxygens (including phenoxy) is 2. The van der Waals surface area contributed by atoms with Crippen molar-refractivity contribution in [3.63, 3.8) is 0 Å².